The largest absolute Gasteiger partial charge is 0.497 e. The average Bonchev–Trinajstić information content (AvgIpc) is 2.70. The van der Waals surface area contributed by atoms with Crippen LogP contribution < -0.4 is 14.8 Å². The maximum atomic E-state index is 12.5. The van der Waals surface area contributed by atoms with Gasteiger partial charge < -0.3 is 19.7 Å². The molecule has 1 atom stereocenters. The molecule has 1 heterocycles. The number of methoxy groups -OCH3 is 1. The summed E-state index contributed by atoms with van der Waals surface area (Å²) in [4.78, 5) is 26.3. The summed E-state index contributed by atoms with van der Waals surface area (Å²) < 4.78 is 10.8. The van der Waals surface area contributed by atoms with Crippen molar-refractivity contribution in [3.63, 3.8) is 0 Å². The number of hydrogen-bond donors (Lipinski definition) is 1. The second-order valence-electron chi connectivity index (χ2n) is 6.90. The van der Waals surface area contributed by atoms with Crippen LogP contribution in [0.4, 0.5) is 5.69 Å². The van der Waals surface area contributed by atoms with Gasteiger partial charge in [0.1, 0.15) is 11.5 Å². The van der Waals surface area contributed by atoms with Crippen LogP contribution >= 0.6 is 0 Å². The number of carbonyl (C=O) groups is 2. The van der Waals surface area contributed by atoms with Crippen molar-refractivity contribution >= 4 is 17.5 Å². The van der Waals surface area contributed by atoms with Gasteiger partial charge in [-0.15, -0.1) is 0 Å². The quantitative estimate of drug-likeness (QED) is 0.794. The number of benzene rings is 2. The van der Waals surface area contributed by atoms with Gasteiger partial charge in [0.25, 0.3) is 5.91 Å². The summed E-state index contributed by atoms with van der Waals surface area (Å²) in [5, 5.41) is 2.88. The molecule has 2 aromatic carbocycles. The molecule has 3 rings (SSSR count). The van der Waals surface area contributed by atoms with Crippen LogP contribution in [0, 0.1) is 0 Å². The van der Waals surface area contributed by atoms with Crippen molar-refractivity contribution in [1.29, 1.82) is 0 Å². The Hall–Kier alpha value is -3.02. The fourth-order valence-corrected chi connectivity index (χ4v) is 3.15. The molecule has 6 heteroatoms. The van der Waals surface area contributed by atoms with Crippen molar-refractivity contribution in [2.24, 2.45) is 0 Å². The minimum absolute atomic E-state index is 0.196. The highest BCUT2D eigenvalue weighted by Gasteiger charge is 2.19. The summed E-state index contributed by atoms with van der Waals surface area (Å²) >= 11 is 0. The molecule has 2 amide bonds. The molecule has 0 saturated carbocycles. The molecule has 1 aliphatic heterocycles. The minimum atomic E-state index is -0.652. The summed E-state index contributed by atoms with van der Waals surface area (Å²) in [7, 11) is 1.60. The number of likely N-dealkylation sites (tertiary alicyclic amines) is 1. The number of ether oxygens (including phenoxy) is 2. The van der Waals surface area contributed by atoms with Gasteiger partial charge in [0.05, 0.1) is 7.11 Å². The molecule has 1 aliphatic rings. The zero-order valence-corrected chi connectivity index (χ0v) is 16.3. The number of carbonyl (C=O) groups excluding carboxylic acids is 2. The number of nitrogens with zero attached hydrogens (tertiary/aromatic N) is 1. The highest BCUT2D eigenvalue weighted by molar-refractivity contribution is 5.94. The number of piperidine rings is 1. The zero-order chi connectivity index (χ0) is 19.9. The predicted molar refractivity (Wildman–Crippen MR) is 107 cm³/mol. The van der Waals surface area contributed by atoms with Crippen LogP contribution in [0.3, 0.4) is 0 Å². The fraction of sp³-hybridized carbons (Fsp3) is 0.364. The molecule has 0 bridgehead atoms. The van der Waals surface area contributed by atoms with Crippen LogP contribution in [0.2, 0.25) is 0 Å². The Kier molecular flexibility index (Phi) is 6.53. The van der Waals surface area contributed by atoms with Crippen molar-refractivity contribution in [2.45, 2.75) is 38.8 Å². The van der Waals surface area contributed by atoms with E-state index in [0.717, 1.165) is 30.7 Å². The van der Waals surface area contributed by atoms with E-state index < -0.39 is 6.10 Å². The normalized spacial score (nSPS) is 15.1. The molecule has 1 N–H and O–H groups in total. The fourth-order valence-electron chi connectivity index (χ4n) is 3.15. The zero-order valence-electron chi connectivity index (χ0n) is 16.3. The van der Waals surface area contributed by atoms with E-state index in [1.807, 2.05) is 29.2 Å². The molecule has 0 spiro atoms. The first kappa shape index (κ1) is 19.7. The van der Waals surface area contributed by atoms with Gasteiger partial charge in [0.15, 0.2) is 6.10 Å². The smallest absolute Gasteiger partial charge is 0.265 e. The Morgan fingerprint density at radius 2 is 1.89 bits per heavy atom. The van der Waals surface area contributed by atoms with Gasteiger partial charge in [-0.25, -0.2) is 0 Å². The lowest BCUT2D eigenvalue weighted by molar-refractivity contribution is -0.133. The molecule has 2 aromatic rings. The summed E-state index contributed by atoms with van der Waals surface area (Å²) in [6.07, 6.45) is 1.98. The number of anilines is 1. The van der Waals surface area contributed by atoms with E-state index in [4.69, 9.17) is 9.47 Å². The average molecular weight is 382 g/mol. The number of rotatable bonds is 7. The maximum absolute atomic E-state index is 12.5. The molecule has 0 aromatic heterocycles. The van der Waals surface area contributed by atoms with Crippen LogP contribution in [0.5, 0.6) is 11.5 Å². The van der Waals surface area contributed by atoms with Gasteiger partial charge in [-0.1, -0.05) is 12.1 Å². The third-order valence-electron chi connectivity index (χ3n) is 4.73. The predicted octanol–water partition coefficient (Wildman–Crippen LogP) is 3.61. The minimum Gasteiger partial charge on any atom is -0.497 e. The lowest BCUT2D eigenvalue weighted by Crippen LogP contribution is -2.34. The van der Waals surface area contributed by atoms with Gasteiger partial charge in [-0.2, -0.15) is 0 Å². The summed E-state index contributed by atoms with van der Waals surface area (Å²) in [5.74, 6) is 1.29. The van der Waals surface area contributed by atoms with Crippen molar-refractivity contribution < 1.29 is 19.1 Å². The monoisotopic (exact) mass is 382 g/mol. The summed E-state index contributed by atoms with van der Waals surface area (Å²) in [6, 6.07) is 14.7. The van der Waals surface area contributed by atoms with Crippen molar-refractivity contribution in [2.75, 3.05) is 19.0 Å². The number of amides is 2. The Labute approximate surface area is 165 Å². The Bertz CT molecular complexity index is 820. The van der Waals surface area contributed by atoms with E-state index in [9.17, 15) is 9.59 Å². The van der Waals surface area contributed by atoms with Crippen LogP contribution in [0.15, 0.2) is 48.5 Å². The Morgan fingerprint density at radius 3 is 2.61 bits per heavy atom. The van der Waals surface area contributed by atoms with Crippen LogP contribution in [-0.4, -0.2) is 36.5 Å². The van der Waals surface area contributed by atoms with Crippen LogP contribution in [0.25, 0.3) is 0 Å². The van der Waals surface area contributed by atoms with Gasteiger partial charge in [0, 0.05) is 25.2 Å². The summed E-state index contributed by atoms with van der Waals surface area (Å²) in [5.41, 5.74) is 1.69. The first-order valence-electron chi connectivity index (χ1n) is 9.53. The van der Waals surface area contributed by atoms with E-state index in [-0.39, 0.29) is 11.8 Å². The molecular formula is C22H26N2O4. The standard InChI is InChI=1S/C22H26N2O4/c1-16(28-20-11-9-19(27-2)10-12-20)22(26)23-18-7-5-6-17(14-18)15-24-13-4-3-8-21(24)25/h5-7,9-12,14,16H,3-4,8,13,15H2,1-2H3,(H,23,26). The highest BCUT2D eigenvalue weighted by atomic mass is 16.5. The van der Waals surface area contributed by atoms with Gasteiger partial charge >= 0.3 is 0 Å². The lowest BCUT2D eigenvalue weighted by atomic mass is 10.1. The molecule has 1 fully saturated rings. The molecule has 6 nitrogen and oxygen atoms in total. The van der Waals surface area contributed by atoms with Crippen LogP contribution in [0.1, 0.15) is 31.7 Å². The molecule has 1 saturated heterocycles. The lowest BCUT2D eigenvalue weighted by Gasteiger charge is -2.27. The van der Waals surface area contributed by atoms with Crippen molar-refractivity contribution in [3.8, 4) is 11.5 Å². The number of nitrogens with one attached hydrogen (secondary N) is 1. The molecule has 0 radical (unpaired) electrons. The molecular weight excluding hydrogens is 356 g/mol. The SMILES string of the molecule is COc1ccc(OC(C)C(=O)Nc2cccc(CN3CCCCC3=O)c2)cc1. The van der Waals surface area contributed by atoms with Crippen LogP contribution in [-0.2, 0) is 16.1 Å². The Balaban J connectivity index is 1.57. The van der Waals surface area contributed by atoms with Gasteiger partial charge in [-0.05, 0) is 61.7 Å². The first-order valence-corrected chi connectivity index (χ1v) is 9.53. The second kappa shape index (κ2) is 9.26. The second-order valence-corrected chi connectivity index (χ2v) is 6.90. The third-order valence-corrected chi connectivity index (χ3v) is 4.73. The van der Waals surface area contributed by atoms with Gasteiger partial charge in [-0.3, -0.25) is 9.59 Å². The number of hydrogen-bond acceptors (Lipinski definition) is 4. The van der Waals surface area contributed by atoms with Gasteiger partial charge in [0.2, 0.25) is 5.91 Å². The summed E-state index contributed by atoms with van der Waals surface area (Å²) in [6.45, 7) is 3.07. The van der Waals surface area contributed by atoms with E-state index in [2.05, 4.69) is 5.32 Å². The van der Waals surface area contributed by atoms with Crippen molar-refractivity contribution in [3.05, 3.63) is 54.1 Å². The highest BCUT2D eigenvalue weighted by Crippen LogP contribution is 2.20. The third kappa shape index (κ3) is 5.25. The molecule has 148 valence electrons. The van der Waals surface area contributed by atoms with E-state index in [0.29, 0.717) is 24.4 Å². The van der Waals surface area contributed by atoms with E-state index >= 15 is 0 Å². The van der Waals surface area contributed by atoms with E-state index in [1.165, 1.54) is 0 Å². The molecule has 28 heavy (non-hydrogen) atoms. The first-order chi connectivity index (χ1) is 13.5. The van der Waals surface area contributed by atoms with E-state index in [1.54, 1.807) is 38.3 Å². The Morgan fingerprint density at radius 1 is 1.14 bits per heavy atom. The topological polar surface area (TPSA) is 67.9 Å². The maximum Gasteiger partial charge on any atom is 0.265 e. The van der Waals surface area contributed by atoms with Crippen molar-refractivity contribution in [1.82, 2.24) is 4.90 Å². The molecule has 0 aliphatic carbocycles. The molecule has 1 unspecified atom stereocenters.